The quantitative estimate of drug-likeness (QED) is 0.615. The minimum absolute atomic E-state index is 0.00149. The van der Waals surface area contributed by atoms with Crippen LogP contribution in [0.5, 0.6) is 11.5 Å². The van der Waals surface area contributed by atoms with E-state index in [0.717, 1.165) is 0 Å². The molecule has 0 aromatic heterocycles. The third-order valence-electron chi connectivity index (χ3n) is 1.35. The Hall–Kier alpha value is -1.95. The van der Waals surface area contributed by atoms with E-state index in [2.05, 4.69) is 0 Å². The van der Waals surface area contributed by atoms with Crippen molar-refractivity contribution in [1.82, 2.24) is 0 Å². The van der Waals surface area contributed by atoms with Crippen LogP contribution in [0.2, 0.25) is 0 Å². The molecule has 1 aromatic carbocycles. The highest BCUT2D eigenvalue weighted by molar-refractivity contribution is 5.59. The van der Waals surface area contributed by atoms with Crippen LogP contribution in [0.4, 0.5) is 0 Å². The maximum atomic E-state index is 9.20. The van der Waals surface area contributed by atoms with Gasteiger partial charge < -0.3 is 10.2 Å². The number of hydrogen-bond donors (Lipinski definition) is 2. The van der Waals surface area contributed by atoms with Gasteiger partial charge in [0.1, 0.15) is 11.5 Å². The molecule has 0 saturated heterocycles. The Labute approximate surface area is 69.8 Å². The van der Waals surface area contributed by atoms with Crippen LogP contribution in [0, 0.1) is 11.3 Å². The van der Waals surface area contributed by atoms with Crippen molar-refractivity contribution in [2.24, 2.45) is 0 Å². The summed E-state index contributed by atoms with van der Waals surface area (Å²) in [6, 6.07) is 5.99. The molecule has 0 aliphatic rings. The molecular formula is C9H7NO2. The standard InChI is InChI=1S/C9H7NO2/c10-5-1-2-7-3-4-8(11)6-9(7)12/h1-4,6,11-12H. The van der Waals surface area contributed by atoms with Gasteiger partial charge in [-0.25, -0.2) is 0 Å². The van der Waals surface area contributed by atoms with Gasteiger partial charge in [0.15, 0.2) is 0 Å². The van der Waals surface area contributed by atoms with Crippen LogP contribution in [0.15, 0.2) is 24.3 Å². The summed E-state index contributed by atoms with van der Waals surface area (Å²) in [5.74, 6) is -0.0388. The summed E-state index contributed by atoms with van der Waals surface area (Å²) >= 11 is 0. The van der Waals surface area contributed by atoms with Crippen molar-refractivity contribution in [3.63, 3.8) is 0 Å². The third kappa shape index (κ3) is 1.77. The molecule has 0 bridgehead atoms. The predicted octanol–water partition coefficient (Wildman–Crippen LogP) is 1.63. The van der Waals surface area contributed by atoms with Crippen molar-refractivity contribution in [2.75, 3.05) is 0 Å². The highest BCUT2D eigenvalue weighted by Gasteiger charge is 1.96. The van der Waals surface area contributed by atoms with Crippen molar-refractivity contribution in [3.05, 3.63) is 29.8 Å². The molecule has 0 atom stereocenters. The molecule has 3 heteroatoms. The highest BCUT2D eigenvalue weighted by atomic mass is 16.3. The number of phenolic OH excluding ortho intramolecular Hbond substituents is 2. The summed E-state index contributed by atoms with van der Waals surface area (Å²) in [7, 11) is 0. The van der Waals surface area contributed by atoms with Crippen LogP contribution in [0.3, 0.4) is 0 Å². The number of allylic oxidation sites excluding steroid dienone is 1. The second-order valence-corrected chi connectivity index (χ2v) is 2.21. The van der Waals surface area contributed by atoms with Crippen molar-refractivity contribution in [2.45, 2.75) is 0 Å². The maximum Gasteiger partial charge on any atom is 0.126 e. The number of hydrogen-bond acceptors (Lipinski definition) is 3. The van der Waals surface area contributed by atoms with E-state index in [-0.39, 0.29) is 11.5 Å². The molecule has 0 unspecified atom stereocenters. The van der Waals surface area contributed by atoms with E-state index < -0.39 is 0 Å². The van der Waals surface area contributed by atoms with E-state index >= 15 is 0 Å². The number of aromatic hydroxyl groups is 2. The number of rotatable bonds is 1. The Morgan fingerprint density at radius 1 is 1.33 bits per heavy atom. The minimum Gasteiger partial charge on any atom is -0.508 e. The fraction of sp³-hybridized carbons (Fsp3) is 0. The van der Waals surface area contributed by atoms with Gasteiger partial charge >= 0.3 is 0 Å². The van der Waals surface area contributed by atoms with Crippen molar-refractivity contribution in [3.8, 4) is 17.6 Å². The second-order valence-electron chi connectivity index (χ2n) is 2.21. The van der Waals surface area contributed by atoms with E-state index in [1.54, 1.807) is 6.07 Å². The summed E-state index contributed by atoms with van der Waals surface area (Å²) in [6.07, 6.45) is 2.72. The molecule has 12 heavy (non-hydrogen) atoms. The second kappa shape index (κ2) is 3.44. The van der Waals surface area contributed by atoms with Crippen molar-refractivity contribution in [1.29, 1.82) is 5.26 Å². The Kier molecular flexibility index (Phi) is 2.34. The Bertz CT molecular complexity index is 350. The summed E-state index contributed by atoms with van der Waals surface area (Å²) < 4.78 is 0. The molecule has 0 amide bonds. The first-order chi connectivity index (χ1) is 5.74. The van der Waals surface area contributed by atoms with Gasteiger partial charge in [-0.05, 0) is 18.2 Å². The first-order valence-electron chi connectivity index (χ1n) is 3.32. The molecule has 0 radical (unpaired) electrons. The highest BCUT2D eigenvalue weighted by Crippen LogP contribution is 2.23. The Morgan fingerprint density at radius 2 is 2.08 bits per heavy atom. The molecule has 1 rings (SSSR count). The molecule has 2 N–H and O–H groups in total. The SMILES string of the molecule is N#CC=Cc1ccc(O)cc1O. The number of benzene rings is 1. The molecule has 3 nitrogen and oxygen atoms in total. The van der Waals surface area contributed by atoms with E-state index in [9.17, 15) is 5.11 Å². The van der Waals surface area contributed by atoms with Gasteiger partial charge in [0, 0.05) is 17.7 Å². The van der Waals surface area contributed by atoms with Gasteiger partial charge in [0.25, 0.3) is 0 Å². The van der Waals surface area contributed by atoms with E-state index in [4.69, 9.17) is 10.4 Å². The average Bonchev–Trinajstić information content (AvgIpc) is 2.03. The molecule has 0 heterocycles. The van der Waals surface area contributed by atoms with Crippen LogP contribution in [-0.4, -0.2) is 10.2 Å². The van der Waals surface area contributed by atoms with Gasteiger partial charge in [-0.15, -0.1) is 0 Å². The van der Waals surface area contributed by atoms with Gasteiger partial charge in [-0.3, -0.25) is 0 Å². The van der Waals surface area contributed by atoms with Crippen molar-refractivity contribution < 1.29 is 10.2 Å². The van der Waals surface area contributed by atoms with E-state index in [1.165, 1.54) is 30.4 Å². The van der Waals surface area contributed by atoms with E-state index in [0.29, 0.717) is 5.56 Å². The van der Waals surface area contributed by atoms with Gasteiger partial charge in [0.2, 0.25) is 0 Å². The molecule has 0 spiro atoms. The fourth-order valence-corrected chi connectivity index (χ4v) is 0.800. The summed E-state index contributed by atoms with van der Waals surface area (Å²) in [5.41, 5.74) is 0.509. The van der Waals surface area contributed by atoms with Gasteiger partial charge in [-0.1, -0.05) is 0 Å². The zero-order valence-corrected chi connectivity index (χ0v) is 6.23. The van der Waals surface area contributed by atoms with Gasteiger partial charge in [0.05, 0.1) is 6.07 Å². The smallest absolute Gasteiger partial charge is 0.126 e. The number of phenols is 2. The van der Waals surface area contributed by atoms with Gasteiger partial charge in [-0.2, -0.15) is 5.26 Å². The van der Waals surface area contributed by atoms with Crippen LogP contribution < -0.4 is 0 Å². The largest absolute Gasteiger partial charge is 0.508 e. The lowest BCUT2D eigenvalue weighted by atomic mass is 10.2. The third-order valence-corrected chi connectivity index (χ3v) is 1.35. The Balaban J connectivity index is 3.03. The number of nitriles is 1. The summed E-state index contributed by atoms with van der Waals surface area (Å²) in [5, 5.41) is 26.3. The molecule has 0 aliphatic carbocycles. The van der Waals surface area contributed by atoms with Crippen molar-refractivity contribution >= 4 is 6.08 Å². The summed E-state index contributed by atoms with van der Waals surface area (Å²) in [6.45, 7) is 0. The Morgan fingerprint density at radius 3 is 2.67 bits per heavy atom. The number of nitrogens with zero attached hydrogens (tertiary/aromatic N) is 1. The molecular weight excluding hydrogens is 154 g/mol. The molecule has 0 saturated carbocycles. The molecule has 0 aliphatic heterocycles. The first-order valence-corrected chi connectivity index (χ1v) is 3.32. The average molecular weight is 161 g/mol. The minimum atomic E-state index is -0.0403. The maximum absolute atomic E-state index is 9.20. The monoisotopic (exact) mass is 161 g/mol. The topological polar surface area (TPSA) is 64.2 Å². The lowest BCUT2D eigenvalue weighted by Crippen LogP contribution is -1.73. The molecule has 1 aromatic rings. The zero-order valence-electron chi connectivity index (χ0n) is 6.23. The normalized spacial score (nSPS) is 9.92. The van der Waals surface area contributed by atoms with Crippen LogP contribution in [0.1, 0.15) is 5.56 Å². The first kappa shape index (κ1) is 8.15. The van der Waals surface area contributed by atoms with Crippen LogP contribution in [-0.2, 0) is 0 Å². The van der Waals surface area contributed by atoms with Crippen LogP contribution >= 0.6 is 0 Å². The zero-order chi connectivity index (χ0) is 8.97. The molecule has 0 fully saturated rings. The van der Waals surface area contributed by atoms with E-state index in [1.807, 2.05) is 0 Å². The summed E-state index contributed by atoms with van der Waals surface area (Å²) in [4.78, 5) is 0. The predicted molar refractivity (Wildman–Crippen MR) is 44.4 cm³/mol. The lowest BCUT2D eigenvalue weighted by Gasteiger charge is -1.97. The van der Waals surface area contributed by atoms with Crippen LogP contribution in [0.25, 0.3) is 6.08 Å². The molecule has 60 valence electrons. The lowest BCUT2D eigenvalue weighted by molar-refractivity contribution is 0.450. The fourth-order valence-electron chi connectivity index (χ4n) is 0.800.